The van der Waals surface area contributed by atoms with E-state index in [0.29, 0.717) is 20.1 Å². The standard InChI is InChI=1S/C22H22Br3F3N2/c1-20(2,3)11-7-13(22(26,27)28)17(14(23)8-11)19(30-29)18-15(24)9-12(10-16(18)25)21(4,5)6/h7-10H,1-6H3. The third-order valence-corrected chi connectivity index (χ3v) is 6.62. The van der Waals surface area contributed by atoms with E-state index in [1.807, 2.05) is 53.7 Å². The van der Waals surface area contributed by atoms with Crippen LogP contribution in [0.5, 0.6) is 0 Å². The van der Waals surface area contributed by atoms with Crippen molar-refractivity contribution in [3.05, 3.63) is 71.0 Å². The van der Waals surface area contributed by atoms with Crippen molar-refractivity contribution >= 4 is 53.5 Å². The molecule has 2 aromatic rings. The third kappa shape index (κ3) is 5.26. The molecule has 0 aliphatic heterocycles. The highest BCUT2D eigenvalue weighted by Crippen LogP contribution is 2.42. The summed E-state index contributed by atoms with van der Waals surface area (Å²) in [7, 11) is 0. The van der Waals surface area contributed by atoms with E-state index in [0.717, 1.165) is 11.6 Å². The summed E-state index contributed by atoms with van der Waals surface area (Å²) in [6, 6.07) is 6.42. The average Bonchev–Trinajstić information content (AvgIpc) is 2.55. The molecule has 2 nitrogen and oxygen atoms in total. The number of nitrogens with zero attached hydrogens (tertiary/aromatic N) is 2. The SMILES string of the molecule is CC(C)(C)c1cc(Br)c(C(=[N+]=[N-])c2c(Br)cc(C(C)(C)C)cc2C(F)(F)F)c(Br)c1. The second-order valence-electron chi connectivity index (χ2n) is 9.14. The van der Waals surface area contributed by atoms with Crippen molar-refractivity contribution in [2.24, 2.45) is 0 Å². The fourth-order valence-electron chi connectivity index (χ4n) is 2.96. The van der Waals surface area contributed by atoms with Gasteiger partial charge in [0.05, 0.1) is 16.7 Å². The van der Waals surface area contributed by atoms with Gasteiger partial charge in [0.1, 0.15) is 0 Å². The van der Waals surface area contributed by atoms with Gasteiger partial charge in [-0.2, -0.15) is 18.0 Å². The lowest BCUT2D eigenvalue weighted by molar-refractivity contribution is -0.138. The van der Waals surface area contributed by atoms with E-state index < -0.39 is 17.2 Å². The highest BCUT2D eigenvalue weighted by Gasteiger charge is 2.41. The number of hydrogen-bond donors (Lipinski definition) is 0. The fraction of sp³-hybridized carbons (Fsp3) is 0.409. The normalized spacial score (nSPS) is 12.7. The van der Waals surface area contributed by atoms with Crippen LogP contribution < -0.4 is 0 Å². The van der Waals surface area contributed by atoms with Gasteiger partial charge in [-0.25, -0.2) is 0 Å². The Balaban J connectivity index is 2.88. The predicted molar refractivity (Wildman–Crippen MR) is 125 cm³/mol. The maximum Gasteiger partial charge on any atom is 0.417 e. The summed E-state index contributed by atoms with van der Waals surface area (Å²) in [4.78, 5) is 3.30. The van der Waals surface area contributed by atoms with Gasteiger partial charge in [0.25, 0.3) is 0 Å². The Hall–Kier alpha value is -0.950. The Morgan fingerprint density at radius 1 is 0.733 bits per heavy atom. The Morgan fingerprint density at radius 2 is 1.10 bits per heavy atom. The van der Waals surface area contributed by atoms with Crippen LogP contribution in [0.15, 0.2) is 37.7 Å². The second kappa shape index (κ2) is 8.53. The lowest BCUT2D eigenvalue weighted by Gasteiger charge is -2.23. The molecule has 0 aliphatic carbocycles. The van der Waals surface area contributed by atoms with Gasteiger partial charge in [-0.1, -0.05) is 41.5 Å². The molecule has 0 radical (unpaired) electrons. The van der Waals surface area contributed by atoms with Crippen LogP contribution in [0, 0.1) is 0 Å². The summed E-state index contributed by atoms with van der Waals surface area (Å²) >= 11 is 10.2. The van der Waals surface area contributed by atoms with Crippen LogP contribution in [-0.4, -0.2) is 10.5 Å². The highest BCUT2D eigenvalue weighted by atomic mass is 79.9. The molecule has 0 fully saturated rings. The van der Waals surface area contributed by atoms with Gasteiger partial charge in [0, 0.05) is 13.4 Å². The van der Waals surface area contributed by atoms with Crippen molar-refractivity contribution in [1.29, 1.82) is 0 Å². The second-order valence-corrected chi connectivity index (χ2v) is 11.7. The number of hydrogen-bond acceptors (Lipinski definition) is 0. The smallest absolute Gasteiger partial charge is 0.361 e. The van der Waals surface area contributed by atoms with E-state index in [1.165, 1.54) is 0 Å². The fourth-order valence-corrected chi connectivity index (χ4v) is 5.17. The molecule has 0 aromatic heterocycles. The minimum absolute atomic E-state index is 0.174. The molecule has 2 aromatic carbocycles. The van der Waals surface area contributed by atoms with Gasteiger partial charge < -0.3 is 5.53 Å². The van der Waals surface area contributed by atoms with Gasteiger partial charge in [-0.3, -0.25) is 0 Å². The molecule has 0 aliphatic rings. The summed E-state index contributed by atoms with van der Waals surface area (Å²) in [6.45, 7) is 11.6. The summed E-state index contributed by atoms with van der Waals surface area (Å²) in [5.41, 5.74) is 9.70. The minimum Gasteiger partial charge on any atom is -0.361 e. The zero-order chi connectivity index (χ0) is 23.2. The van der Waals surface area contributed by atoms with Crippen molar-refractivity contribution in [3.8, 4) is 0 Å². The lowest BCUT2D eigenvalue weighted by Crippen LogP contribution is -2.21. The molecule has 0 amide bonds. The topological polar surface area (TPSA) is 36.4 Å². The molecule has 30 heavy (non-hydrogen) atoms. The molecular formula is C22H22Br3F3N2. The monoisotopic (exact) mass is 608 g/mol. The number of alkyl halides is 3. The van der Waals surface area contributed by atoms with Crippen molar-refractivity contribution < 1.29 is 18.0 Å². The van der Waals surface area contributed by atoms with E-state index in [4.69, 9.17) is 0 Å². The first-order chi connectivity index (χ1) is 13.5. The predicted octanol–water partition coefficient (Wildman–Crippen LogP) is 8.66. The van der Waals surface area contributed by atoms with E-state index in [1.54, 1.807) is 6.07 Å². The van der Waals surface area contributed by atoms with E-state index in [9.17, 15) is 18.7 Å². The molecular weight excluding hydrogens is 589 g/mol. The zero-order valence-corrected chi connectivity index (χ0v) is 22.2. The summed E-state index contributed by atoms with van der Waals surface area (Å²) in [5.74, 6) is 0. The van der Waals surface area contributed by atoms with E-state index >= 15 is 0 Å². The van der Waals surface area contributed by atoms with E-state index in [2.05, 4.69) is 52.6 Å². The molecule has 162 valence electrons. The largest absolute Gasteiger partial charge is 0.417 e. The molecule has 0 saturated carbocycles. The summed E-state index contributed by atoms with van der Waals surface area (Å²) in [5, 5.41) is 0. The molecule has 0 bridgehead atoms. The molecule has 0 atom stereocenters. The Bertz CT molecular complexity index is 1020. The minimum atomic E-state index is -4.64. The lowest BCUT2D eigenvalue weighted by atomic mass is 9.83. The molecule has 8 heteroatoms. The van der Waals surface area contributed by atoms with Gasteiger partial charge in [0.15, 0.2) is 0 Å². The van der Waals surface area contributed by atoms with Crippen LogP contribution in [0.25, 0.3) is 5.53 Å². The van der Waals surface area contributed by atoms with Gasteiger partial charge in [-0.15, -0.1) is 0 Å². The molecule has 2 rings (SSSR count). The van der Waals surface area contributed by atoms with Crippen LogP contribution in [0.2, 0.25) is 0 Å². The molecule has 0 unspecified atom stereocenters. The van der Waals surface area contributed by atoms with E-state index in [-0.39, 0.29) is 21.2 Å². The van der Waals surface area contributed by atoms with Crippen LogP contribution in [0.4, 0.5) is 13.2 Å². The Morgan fingerprint density at radius 3 is 1.43 bits per heavy atom. The maximum atomic E-state index is 14.0. The first-order valence-electron chi connectivity index (χ1n) is 9.12. The van der Waals surface area contributed by atoms with Gasteiger partial charge in [-0.05, 0) is 94.0 Å². The quantitative estimate of drug-likeness (QED) is 0.185. The zero-order valence-electron chi connectivity index (χ0n) is 17.5. The average molecular weight is 611 g/mol. The molecule has 0 saturated heterocycles. The Kier molecular flexibility index (Phi) is 7.20. The highest BCUT2D eigenvalue weighted by molar-refractivity contribution is 9.11. The van der Waals surface area contributed by atoms with Crippen LogP contribution in [-0.2, 0) is 17.0 Å². The number of rotatable bonds is 2. The van der Waals surface area contributed by atoms with Crippen molar-refractivity contribution in [3.63, 3.8) is 0 Å². The van der Waals surface area contributed by atoms with Gasteiger partial charge >= 0.3 is 11.9 Å². The molecule has 0 spiro atoms. The van der Waals surface area contributed by atoms with Crippen LogP contribution >= 0.6 is 47.8 Å². The van der Waals surface area contributed by atoms with Gasteiger partial charge in [0.2, 0.25) is 0 Å². The first kappa shape index (κ1) is 25.3. The van der Waals surface area contributed by atoms with Crippen LogP contribution in [0.1, 0.15) is 69.4 Å². The maximum absolute atomic E-state index is 14.0. The van der Waals surface area contributed by atoms with Crippen molar-refractivity contribution in [1.82, 2.24) is 0 Å². The Labute approximate surface area is 200 Å². The van der Waals surface area contributed by atoms with Crippen molar-refractivity contribution in [2.75, 3.05) is 0 Å². The third-order valence-electron chi connectivity index (χ3n) is 4.74. The number of halogens is 6. The van der Waals surface area contributed by atoms with Crippen molar-refractivity contribution in [2.45, 2.75) is 58.5 Å². The molecule has 0 heterocycles. The summed E-state index contributed by atoms with van der Waals surface area (Å²) in [6.07, 6.45) is -4.64. The molecule has 0 N–H and O–H groups in total. The number of benzene rings is 2. The first-order valence-corrected chi connectivity index (χ1v) is 11.5. The van der Waals surface area contributed by atoms with Crippen LogP contribution in [0.3, 0.4) is 0 Å². The summed E-state index contributed by atoms with van der Waals surface area (Å²) < 4.78 is 43.4.